The number of carbonyl (C=O) groups excluding carboxylic acids is 1. The van der Waals surface area contributed by atoms with Crippen LogP contribution >= 0.6 is 24.8 Å². The monoisotopic (exact) mass is 387 g/mol. The molecule has 25 heavy (non-hydrogen) atoms. The first kappa shape index (κ1) is 22.2. The van der Waals surface area contributed by atoms with Crippen LogP contribution in [0.15, 0.2) is 30.3 Å². The third kappa shape index (κ3) is 5.33. The molecule has 0 radical (unpaired) electrons. The minimum atomic E-state index is -0.585. The maximum atomic E-state index is 12.8. The molecular formula is C19H31Cl2N3O. The van der Waals surface area contributed by atoms with Crippen molar-refractivity contribution in [3.63, 3.8) is 0 Å². The number of amides is 1. The van der Waals surface area contributed by atoms with Gasteiger partial charge in [-0.2, -0.15) is 0 Å². The van der Waals surface area contributed by atoms with Crippen molar-refractivity contribution in [3.8, 4) is 0 Å². The van der Waals surface area contributed by atoms with Gasteiger partial charge in [0.25, 0.3) is 0 Å². The number of nitrogens with zero attached hydrogens (tertiary/aromatic N) is 2. The van der Waals surface area contributed by atoms with Crippen molar-refractivity contribution in [1.29, 1.82) is 0 Å². The van der Waals surface area contributed by atoms with Gasteiger partial charge in [-0.05, 0) is 31.7 Å². The third-order valence-electron chi connectivity index (χ3n) is 5.53. The van der Waals surface area contributed by atoms with Gasteiger partial charge in [0.15, 0.2) is 0 Å². The summed E-state index contributed by atoms with van der Waals surface area (Å²) < 4.78 is 0. The summed E-state index contributed by atoms with van der Waals surface area (Å²) in [4.78, 5) is 17.3. The predicted octanol–water partition coefficient (Wildman–Crippen LogP) is 3.22. The van der Waals surface area contributed by atoms with Gasteiger partial charge in [-0.25, -0.2) is 0 Å². The molecule has 0 spiro atoms. The molecule has 3 rings (SSSR count). The molecule has 1 saturated carbocycles. The quantitative estimate of drug-likeness (QED) is 0.865. The topological polar surface area (TPSA) is 49.6 Å². The molecule has 0 aromatic heterocycles. The number of benzene rings is 1. The summed E-state index contributed by atoms with van der Waals surface area (Å²) in [5.41, 5.74) is 7.13. The fourth-order valence-corrected chi connectivity index (χ4v) is 3.90. The largest absolute Gasteiger partial charge is 0.340 e. The van der Waals surface area contributed by atoms with Gasteiger partial charge in [0.1, 0.15) is 0 Å². The van der Waals surface area contributed by atoms with Gasteiger partial charge in [0.05, 0.1) is 5.54 Å². The normalized spacial score (nSPS) is 23.3. The Hall–Kier alpha value is -0.810. The van der Waals surface area contributed by atoms with Crippen LogP contribution in [-0.4, -0.2) is 46.9 Å². The second-order valence-electron chi connectivity index (χ2n) is 7.25. The highest BCUT2D eigenvalue weighted by Gasteiger charge is 2.40. The van der Waals surface area contributed by atoms with Gasteiger partial charge < -0.3 is 10.6 Å². The molecule has 2 aliphatic rings. The average molecular weight is 388 g/mol. The van der Waals surface area contributed by atoms with E-state index in [4.69, 9.17) is 5.73 Å². The molecule has 1 aliphatic carbocycles. The van der Waals surface area contributed by atoms with E-state index in [9.17, 15) is 4.79 Å². The summed E-state index contributed by atoms with van der Waals surface area (Å²) in [7, 11) is 0. The van der Waals surface area contributed by atoms with Gasteiger partial charge in [0, 0.05) is 32.2 Å². The van der Waals surface area contributed by atoms with E-state index < -0.39 is 5.54 Å². The summed E-state index contributed by atoms with van der Waals surface area (Å²) in [5, 5.41) is 0. The Balaban J connectivity index is 0.00000156. The lowest BCUT2D eigenvalue weighted by atomic mass is 9.97. The fourth-order valence-electron chi connectivity index (χ4n) is 3.90. The average Bonchev–Trinajstić information content (AvgIpc) is 2.93. The maximum absolute atomic E-state index is 12.8. The van der Waals surface area contributed by atoms with Crippen molar-refractivity contribution < 1.29 is 4.79 Å². The molecule has 1 saturated heterocycles. The zero-order valence-corrected chi connectivity index (χ0v) is 16.7. The van der Waals surface area contributed by atoms with Crippen molar-refractivity contribution in [3.05, 3.63) is 35.9 Å². The highest BCUT2D eigenvalue weighted by Crippen LogP contribution is 2.29. The Morgan fingerprint density at radius 3 is 2.40 bits per heavy atom. The Morgan fingerprint density at radius 1 is 1.12 bits per heavy atom. The Kier molecular flexibility index (Phi) is 8.69. The first-order valence-corrected chi connectivity index (χ1v) is 8.95. The molecule has 1 amide bonds. The molecule has 0 bridgehead atoms. The summed E-state index contributed by atoms with van der Waals surface area (Å²) >= 11 is 0. The van der Waals surface area contributed by atoms with Gasteiger partial charge in [-0.3, -0.25) is 9.69 Å². The van der Waals surface area contributed by atoms with E-state index in [2.05, 4.69) is 42.2 Å². The highest BCUT2D eigenvalue weighted by atomic mass is 35.5. The molecular weight excluding hydrogens is 357 g/mol. The van der Waals surface area contributed by atoms with Gasteiger partial charge in [0.2, 0.25) is 5.91 Å². The van der Waals surface area contributed by atoms with E-state index in [-0.39, 0.29) is 30.7 Å². The van der Waals surface area contributed by atoms with Gasteiger partial charge in [-0.15, -0.1) is 24.8 Å². The highest BCUT2D eigenvalue weighted by molar-refractivity contribution is 5.86. The number of hydrogen-bond donors (Lipinski definition) is 1. The van der Waals surface area contributed by atoms with Crippen LogP contribution in [0.25, 0.3) is 0 Å². The van der Waals surface area contributed by atoms with Crippen molar-refractivity contribution in [1.82, 2.24) is 9.80 Å². The lowest BCUT2D eigenvalue weighted by Gasteiger charge is -2.30. The molecule has 1 unspecified atom stereocenters. The van der Waals surface area contributed by atoms with Crippen LogP contribution in [0, 0.1) is 0 Å². The zero-order chi connectivity index (χ0) is 16.3. The summed E-state index contributed by atoms with van der Waals surface area (Å²) in [5.74, 6) is 0.184. The first-order valence-electron chi connectivity index (χ1n) is 8.95. The van der Waals surface area contributed by atoms with Crippen LogP contribution < -0.4 is 5.73 Å². The summed E-state index contributed by atoms with van der Waals surface area (Å²) in [6.45, 7) is 5.79. The van der Waals surface area contributed by atoms with Crippen molar-refractivity contribution >= 4 is 30.7 Å². The second-order valence-corrected chi connectivity index (χ2v) is 7.25. The molecule has 6 heteroatoms. The van der Waals surface area contributed by atoms with E-state index in [0.29, 0.717) is 6.04 Å². The third-order valence-corrected chi connectivity index (χ3v) is 5.53. The first-order chi connectivity index (χ1) is 11.1. The lowest BCUT2D eigenvalue weighted by molar-refractivity contribution is -0.136. The molecule has 1 aromatic rings. The minimum Gasteiger partial charge on any atom is -0.340 e. The molecule has 1 aromatic carbocycles. The van der Waals surface area contributed by atoms with E-state index in [1.165, 1.54) is 5.56 Å². The van der Waals surface area contributed by atoms with Crippen molar-refractivity contribution in [2.75, 3.05) is 19.6 Å². The number of rotatable bonds is 3. The fraction of sp³-hybridized carbons (Fsp3) is 0.632. The molecule has 4 nitrogen and oxygen atoms in total. The standard InChI is InChI=1S/C19H29N3O.2ClH/c1-16-9-12-21(18(23)19(20)10-5-6-11-19)13-14-22(16)15-17-7-3-2-4-8-17;;/h2-4,7-8,16H,5-6,9-15,20H2,1H3;2*1H. The van der Waals surface area contributed by atoms with Crippen molar-refractivity contribution in [2.45, 2.75) is 57.2 Å². The van der Waals surface area contributed by atoms with Gasteiger partial charge >= 0.3 is 0 Å². The Bertz CT molecular complexity index is 535. The van der Waals surface area contributed by atoms with Crippen LogP contribution in [0.1, 0.15) is 44.6 Å². The predicted molar refractivity (Wildman–Crippen MR) is 107 cm³/mol. The number of nitrogens with two attached hydrogens (primary N) is 1. The zero-order valence-electron chi connectivity index (χ0n) is 15.0. The van der Waals surface area contributed by atoms with Crippen LogP contribution in [0.2, 0.25) is 0 Å². The van der Waals surface area contributed by atoms with E-state index >= 15 is 0 Å². The Labute approximate surface area is 163 Å². The van der Waals surface area contributed by atoms with Crippen LogP contribution in [0.5, 0.6) is 0 Å². The maximum Gasteiger partial charge on any atom is 0.242 e. The van der Waals surface area contributed by atoms with Gasteiger partial charge in [-0.1, -0.05) is 43.2 Å². The van der Waals surface area contributed by atoms with E-state index in [1.54, 1.807) is 0 Å². The van der Waals surface area contributed by atoms with E-state index in [0.717, 1.165) is 58.3 Å². The lowest BCUT2D eigenvalue weighted by Crippen LogP contribution is -2.54. The summed E-state index contributed by atoms with van der Waals surface area (Å²) in [6.07, 6.45) is 4.91. The molecule has 142 valence electrons. The summed E-state index contributed by atoms with van der Waals surface area (Å²) in [6, 6.07) is 11.1. The molecule has 1 atom stereocenters. The number of hydrogen-bond acceptors (Lipinski definition) is 3. The molecule has 2 fully saturated rings. The van der Waals surface area contributed by atoms with Crippen molar-refractivity contribution in [2.24, 2.45) is 5.73 Å². The smallest absolute Gasteiger partial charge is 0.242 e. The molecule has 2 N–H and O–H groups in total. The molecule has 1 heterocycles. The van der Waals surface area contributed by atoms with E-state index in [1.807, 2.05) is 4.90 Å². The molecule has 1 aliphatic heterocycles. The van der Waals surface area contributed by atoms with Crippen LogP contribution in [0.4, 0.5) is 0 Å². The number of carbonyl (C=O) groups is 1. The minimum absolute atomic E-state index is 0. The van der Waals surface area contributed by atoms with Crippen LogP contribution in [0.3, 0.4) is 0 Å². The van der Waals surface area contributed by atoms with Crippen LogP contribution in [-0.2, 0) is 11.3 Å². The SMILES string of the molecule is CC1CCN(C(=O)C2(N)CCCC2)CCN1Cc1ccccc1.Cl.Cl. The Morgan fingerprint density at radius 2 is 1.76 bits per heavy atom. The number of halogens is 2. The second kappa shape index (κ2) is 9.77.